The molecule has 0 unspecified atom stereocenters. The highest BCUT2D eigenvalue weighted by Gasteiger charge is 2.18. The summed E-state index contributed by atoms with van der Waals surface area (Å²) in [5, 5.41) is 6.83. The minimum Gasteiger partial charge on any atom is -0.326 e. The van der Waals surface area contributed by atoms with Crippen molar-refractivity contribution in [3.63, 3.8) is 0 Å². The molecule has 0 aromatic heterocycles. The van der Waals surface area contributed by atoms with E-state index in [4.69, 9.17) is 23.2 Å². The highest BCUT2D eigenvalue weighted by molar-refractivity contribution is 7.89. The summed E-state index contributed by atoms with van der Waals surface area (Å²) in [5.41, 5.74) is 1.76. The number of halogens is 2. The molecule has 2 N–H and O–H groups in total. The quantitative estimate of drug-likeness (QED) is 0.593. The summed E-state index contributed by atoms with van der Waals surface area (Å²) in [6.07, 6.45) is 0. The van der Waals surface area contributed by atoms with Crippen molar-refractivity contribution in [3.8, 4) is 0 Å². The fourth-order valence-electron chi connectivity index (χ4n) is 1.92. The number of carbonyl (C=O) groups excluding carboxylic acids is 1. The molecule has 0 radical (unpaired) electrons. The van der Waals surface area contributed by atoms with Crippen LogP contribution in [0.15, 0.2) is 52.5 Å². The van der Waals surface area contributed by atoms with Crippen LogP contribution in [0.2, 0.25) is 10.0 Å². The van der Waals surface area contributed by atoms with Crippen LogP contribution in [-0.2, 0) is 14.8 Å². The molecule has 9 heteroatoms. The van der Waals surface area contributed by atoms with Gasteiger partial charge >= 0.3 is 0 Å². The molecule has 0 bridgehead atoms. The van der Waals surface area contributed by atoms with E-state index < -0.39 is 10.0 Å². The summed E-state index contributed by atoms with van der Waals surface area (Å²) in [6, 6.07) is 11.0. The van der Waals surface area contributed by atoms with Gasteiger partial charge in [0.05, 0.1) is 10.7 Å². The zero-order valence-electron chi connectivity index (χ0n) is 13.4. The SMILES string of the molecule is CC(=O)Nc1ccc(/C(C)=N/NS(=O)(=O)c2cc(Cl)ccc2Cl)cc1. The Morgan fingerprint density at radius 1 is 1.04 bits per heavy atom. The molecule has 0 saturated carbocycles. The van der Waals surface area contributed by atoms with Crippen LogP contribution in [0.25, 0.3) is 0 Å². The zero-order chi connectivity index (χ0) is 18.6. The van der Waals surface area contributed by atoms with Gasteiger partial charge in [-0.2, -0.15) is 18.4 Å². The van der Waals surface area contributed by atoms with Crippen molar-refractivity contribution >= 4 is 50.5 Å². The number of nitrogens with zero attached hydrogens (tertiary/aromatic N) is 1. The maximum atomic E-state index is 12.3. The summed E-state index contributed by atoms with van der Waals surface area (Å²) < 4.78 is 24.6. The average Bonchev–Trinajstić information content (AvgIpc) is 2.55. The standard InChI is InChI=1S/C16H15Cl2N3O3S/c1-10(12-3-6-14(7-4-12)19-11(2)22)20-21-25(23,24)16-9-13(17)5-8-15(16)18/h3-9,21H,1-2H3,(H,19,22)/b20-10+. The third kappa shape index (κ3) is 5.19. The van der Waals surface area contributed by atoms with Gasteiger partial charge in [0.25, 0.3) is 10.0 Å². The number of rotatable bonds is 5. The van der Waals surface area contributed by atoms with Crippen molar-refractivity contribution in [2.75, 3.05) is 5.32 Å². The molecule has 132 valence electrons. The Morgan fingerprint density at radius 3 is 2.28 bits per heavy atom. The maximum absolute atomic E-state index is 12.3. The molecule has 2 aromatic carbocycles. The van der Waals surface area contributed by atoms with Crippen molar-refractivity contribution in [1.29, 1.82) is 0 Å². The topological polar surface area (TPSA) is 87.6 Å². The Morgan fingerprint density at radius 2 is 1.68 bits per heavy atom. The fourth-order valence-corrected chi connectivity index (χ4v) is 3.54. The number of amides is 1. The second-order valence-electron chi connectivity index (χ2n) is 5.13. The number of carbonyl (C=O) groups is 1. The Labute approximate surface area is 155 Å². The van der Waals surface area contributed by atoms with E-state index in [9.17, 15) is 13.2 Å². The first-order chi connectivity index (χ1) is 11.7. The minimum absolute atomic E-state index is 0.0458. The summed E-state index contributed by atoms with van der Waals surface area (Å²) in [4.78, 5) is 13.0. The van der Waals surface area contributed by atoms with Crippen LogP contribution in [-0.4, -0.2) is 20.0 Å². The van der Waals surface area contributed by atoms with Gasteiger partial charge in [0, 0.05) is 17.6 Å². The van der Waals surface area contributed by atoms with Crippen molar-refractivity contribution in [2.45, 2.75) is 18.7 Å². The van der Waals surface area contributed by atoms with E-state index in [1.807, 2.05) is 0 Å². The van der Waals surface area contributed by atoms with Crippen molar-refractivity contribution in [2.24, 2.45) is 5.10 Å². The first-order valence-electron chi connectivity index (χ1n) is 7.08. The van der Waals surface area contributed by atoms with Gasteiger partial charge < -0.3 is 5.32 Å². The number of hydrazone groups is 1. The minimum atomic E-state index is -3.95. The Hall–Kier alpha value is -2.09. The summed E-state index contributed by atoms with van der Waals surface area (Å²) in [7, 11) is -3.95. The van der Waals surface area contributed by atoms with Crippen LogP contribution in [0.5, 0.6) is 0 Å². The largest absolute Gasteiger partial charge is 0.326 e. The van der Waals surface area contributed by atoms with Crippen LogP contribution >= 0.6 is 23.2 Å². The number of hydrogen-bond acceptors (Lipinski definition) is 4. The van der Waals surface area contributed by atoms with Gasteiger partial charge in [-0.05, 0) is 42.8 Å². The Kier molecular flexibility index (Phi) is 6.05. The first kappa shape index (κ1) is 19.2. The van der Waals surface area contributed by atoms with Crippen molar-refractivity contribution in [1.82, 2.24) is 4.83 Å². The number of anilines is 1. The van der Waals surface area contributed by atoms with Crippen molar-refractivity contribution < 1.29 is 13.2 Å². The lowest BCUT2D eigenvalue weighted by Crippen LogP contribution is -2.20. The summed E-state index contributed by atoms with van der Waals surface area (Å²) in [5.74, 6) is -0.177. The molecule has 6 nitrogen and oxygen atoms in total. The van der Waals surface area contributed by atoms with Gasteiger partial charge in [0.1, 0.15) is 4.90 Å². The van der Waals surface area contributed by atoms with E-state index >= 15 is 0 Å². The fraction of sp³-hybridized carbons (Fsp3) is 0.125. The first-order valence-corrected chi connectivity index (χ1v) is 9.32. The highest BCUT2D eigenvalue weighted by Crippen LogP contribution is 2.24. The van der Waals surface area contributed by atoms with E-state index in [0.29, 0.717) is 17.0 Å². The van der Waals surface area contributed by atoms with Crippen LogP contribution in [0, 0.1) is 0 Å². The second kappa shape index (κ2) is 7.86. The molecule has 0 saturated heterocycles. The second-order valence-corrected chi connectivity index (χ2v) is 7.60. The molecule has 2 aromatic rings. The molecule has 2 rings (SSSR count). The molecule has 0 aliphatic rings. The van der Waals surface area contributed by atoms with Gasteiger partial charge in [-0.1, -0.05) is 35.3 Å². The summed E-state index contributed by atoms with van der Waals surface area (Å²) >= 11 is 11.7. The molecule has 0 aliphatic carbocycles. The third-order valence-electron chi connectivity index (χ3n) is 3.14. The number of hydrogen-bond donors (Lipinski definition) is 2. The predicted molar refractivity (Wildman–Crippen MR) is 99.7 cm³/mol. The lowest BCUT2D eigenvalue weighted by Gasteiger charge is -2.08. The molecule has 0 fully saturated rings. The van der Waals surface area contributed by atoms with Crippen LogP contribution in [0.3, 0.4) is 0 Å². The van der Waals surface area contributed by atoms with Crippen LogP contribution < -0.4 is 10.1 Å². The summed E-state index contributed by atoms with van der Waals surface area (Å²) in [6.45, 7) is 3.06. The monoisotopic (exact) mass is 399 g/mol. The molecule has 25 heavy (non-hydrogen) atoms. The zero-order valence-corrected chi connectivity index (χ0v) is 15.7. The van der Waals surface area contributed by atoms with Gasteiger partial charge in [-0.3, -0.25) is 4.79 Å². The molecule has 1 amide bonds. The van der Waals surface area contributed by atoms with E-state index in [0.717, 1.165) is 0 Å². The van der Waals surface area contributed by atoms with Gasteiger partial charge in [0.2, 0.25) is 5.91 Å². The predicted octanol–water partition coefficient (Wildman–Crippen LogP) is 3.65. The van der Waals surface area contributed by atoms with Gasteiger partial charge in [-0.15, -0.1) is 0 Å². The van der Waals surface area contributed by atoms with E-state index in [-0.39, 0.29) is 20.8 Å². The van der Waals surface area contributed by atoms with E-state index in [1.165, 1.54) is 25.1 Å². The molecular formula is C16H15Cl2N3O3S. The number of sulfonamides is 1. The van der Waals surface area contributed by atoms with E-state index in [2.05, 4.69) is 15.2 Å². The molecule has 0 heterocycles. The average molecular weight is 400 g/mol. The van der Waals surface area contributed by atoms with Crippen molar-refractivity contribution in [3.05, 3.63) is 58.1 Å². The smallest absolute Gasteiger partial charge is 0.278 e. The molecule has 0 aliphatic heterocycles. The van der Waals surface area contributed by atoms with Crippen LogP contribution in [0.4, 0.5) is 5.69 Å². The molecular weight excluding hydrogens is 385 g/mol. The van der Waals surface area contributed by atoms with Gasteiger partial charge in [0.15, 0.2) is 0 Å². The Bertz CT molecular complexity index is 926. The normalized spacial score (nSPS) is 11.9. The maximum Gasteiger partial charge on any atom is 0.278 e. The highest BCUT2D eigenvalue weighted by atomic mass is 35.5. The van der Waals surface area contributed by atoms with Crippen LogP contribution in [0.1, 0.15) is 19.4 Å². The Balaban J connectivity index is 2.19. The third-order valence-corrected chi connectivity index (χ3v) is 5.06. The lowest BCUT2D eigenvalue weighted by molar-refractivity contribution is -0.114. The van der Waals surface area contributed by atoms with Gasteiger partial charge in [-0.25, -0.2) is 0 Å². The number of benzene rings is 2. The molecule has 0 atom stereocenters. The molecule has 0 spiro atoms. The number of nitrogens with one attached hydrogen (secondary N) is 2. The van der Waals surface area contributed by atoms with E-state index in [1.54, 1.807) is 31.2 Å². The lowest BCUT2D eigenvalue weighted by atomic mass is 10.1.